The van der Waals surface area contributed by atoms with E-state index < -0.39 is 0 Å². The summed E-state index contributed by atoms with van der Waals surface area (Å²) < 4.78 is 1.76. The number of likely N-dealkylation sites (N-methyl/N-ethyl adjacent to an activating group) is 1. The van der Waals surface area contributed by atoms with Crippen molar-refractivity contribution in [3.63, 3.8) is 0 Å². The van der Waals surface area contributed by atoms with Crippen LogP contribution in [0, 0.1) is 0 Å². The first-order valence-electron chi connectivity index (χ1n) is 9.03. The average molecular weight is 345 g/mol. The molecule has 0 saturated heterocycles. The Kier molecular flexibility index (Phi) is 4.11. The number of rotatable bonds is 3. The third-order valence-electron chi connectivity index (χ3n) is 5.22. The van der Waals surface area contributed by atoms with Crippen molar-refractivity contribution in [3.8, 4) is 11.1 Å². The van der Waals surface area contributed by atoms with Crippen LogP contribution in [-0.4, -0.2) is 16.6 Å². The Hall–Kier alpha value is -2.88. The molecule has 4 heteroatoms. The van der Waals surface area contributed by atoms with E-state index in [1.807, 2.05) is 38.5 Å². The summed E-state index contributed by atoms with van der Waals surface area (Å²) in [6.07, 6.45) is 6.75. The van der Waals surface area contributed by atoms with Gasteiger partial charge in [-0.25, -0.2) is 0 Å². The molecule has 0 saturated carbocycles. The highest BCUT2D eigenvalue weighted by Gasteiger charge is 2.27. The Bertz CT molecular complexity index is 1010. The van der Waals surface area contributed by atoms with Crippen LogP contribution in [0.25, 0.3) is 11.1 Å². The lowest BCUT2D eigenvalue weighted by Gasteiger charge is -2.23. The fraction of sp³-hybridized carbons (Fsp3) is 0.273. The second kappa shape index (κ2) is 6.45. The molecule has 3 heterocycles. The van der Waals surface area contributed by atoms with Gasteiger partial charge in [-0.1, -0.05) is 18.2 Å². The summed E-state index contributed by atoms with van der Waals surface area (Å²) in [5, 5.41) is 0. The van der Waals surface area contributed by atoms with Crippen LogP contribution in [-0.2, 0) is 6.42 Å². The number of pyridine rings is 2. The predicted octanol–water partition coefficient (Wildman–Crippen LogP) is 4.22. The molecule has 0 N–H and O–H groups in total. The molecule has 1 atom stereocenters. The smallest absolute Gasteiger partial charge is 0.250 e. The van der Waals surface area contributed by atoms with E-state index in [2.05, 4.69) is 47.3 Å². The van der Waals surface area contributed by atoms with Gasteiger partial charge in [0.1, 0.15) is 0 Å². The molecule has 0 spiro atoms. The summed E-state index contributed by atoms with van der Waals surface area (Å²) >= 11 is 0. The SMILES string of the molecule is CC(C)n1cc(-c2cncc(C3Cc4ccccc4N3C)c2)ccc1=O. The molecule has 4 nitrogen and oxygen atoms in total. The quantitative estimate of drug-likeness (QED) is 0.713. The molecule has 0 bridgehead atoms. The molecule has 4 rings (SSSR count). The van der Waals surface area contributed by atoms with Crippen molar-refractivity contribution in [1.82, 2.24) is 9.55 Å². The molecule has 3 aromatic rings. The van der Waals surface area contributed by atoms with E-state index in [-0.39, 0.29) is 17.6 Å². The highest BCUT2D eigenvalue weighted by Crippen LogP contribution is 2.39. The maximum absolute atomic E-state index is 12.0. The molecule has 26 heavy (non-hydrogen) atoms. The monoisotopic (exact) mass is 345 g/mol. The number of anilines is 1. The number of fused-ring (bicyclic) bond motifs is 1. The molecule has 2 aromatic heterocycles. The molecule has 1 unspecified atom stereocenters. The Morgan fingerprint density at radius 1 is 1.08 bits per heavy atom. The zero-order chi connectivity index (χ0) is 18.3. The van der Waals surface area contributed by atoms with Gasteiger partial charge in [0.25, 0.3) is 5.56 Å². The third-order valence-corrected chi connectivity index (χ3v) is 5.22. The van der Waals surface area contributed by atoms with Crippen LogP contribution in [0.3, 0.4) is 0 Å². The molecule has 132 valence electrons. The Labute approximate surface area is 153 Å². The highest BCUT2D eigenvalue weighted by molar-refractivity contribution is 5.64. The van der Waals surface area contributed by atoms with Gasteiger partial charge in [0, 0.05) is 49.0 Å². The van der Waals surface area contributed by atoms with Gasteiger partial charge in [-0.3, -0.25) is 9.78 Å². The van der Waals surface area contributed by atoms with E-state index in [4.69, 9.17) is 0 Å². The molecule has 0 radical (unpaired) electrons. The molecular weight excluding hydrogens is 322 g/mol. The predicted molar refractivity (Wildman–Crippen MR) is 106 cm³/mol. The number of hydrogen-bond acceptors (Lipinski definition) is 3. The van der Waals surface area contributed by atoms with Crippen molar-refractivity contribution in [2.24, 2.45) is 0 Å². The summed E-state index contributed by atoms with van der Waals surface area (Å²) in [4.78, 5) is 18.8. The fourth-order valence-corrected chi connectivity index (χ4v) is 3.76. The van der Waals surface area contributed by atoms with Crippen LogP contribution in [0.2, 0.25) is 0 Å². The van der Waals surface area contributed by atoms with Gasteiger partial charge in [-0.05, 0) is 55.2 Å². The highest BCUT2D eigenvalue weighted by atomic mass is 16.1. The number of nitrogens with zero attached hydrogens (tertiary/aromatic N) is 3. The first kappa shape index (κ1) is 16.6. The maximum Gasteiger partial charge on any atom is 0.250 e. The minimum absolute atomic E-state index is 0.0267. The number of aromatic nitrogens is 2. The van der Waals surface area contributed by atoms with Crippen LogP contribution in [0.1, 0.15) is 37.1 Å². The van der Waals surface area contributed by atoms with Gasteiger partial charge in [0.05, 0.1) is 6.04 Å². The van der Waals surface area contributed by atoms with E-state index in [1.54, 1.807) is 10.6 Å². The van der Waals surface area contributed by atoms with Crippen molar-refractivity contribution < 1.29 is 0 Å². The van der Waals surface area contributed by atoms with Crippen LogP contribution in [0.5, 0.6) is 0 Å². The Balaban J connectivity index is 1.71. The first-order valence-corrected chi connectivity index (χ1v) is 9.03. The average Bonchev–Trinajstić information content (AvgIpc) is 2.99. The van der Waals surface area contributed by atoms with E-state index in [0.717, 1.165) is 17.5 Å². The number of hydrogen-bond donors (Lipinski definition) is 0. The van der Waals surface area contributed by atoms with E-state index >= 15 is 0 Å². The summed E-state index contributed by atoms with van der Waals surface area (Å²) in [6, 6.07) is 14.7. The van der Waals surface area contributed by atoms with Gasteiger partial charge in [0.15, 0.2) is 0 Å². The molecule has 1 aliphatic heterocycles. The second-order valence-electron chi connectivity index (χ2n) is 7.22. The lowest BCUT2D eigenvalue weighted by atomic mass is 10.0. The topological polar surface area (TPSA) is 38.1 Å². The van der Waals surface area contributed by atoms with Gasteiger partial charge >= 0.3 is 0 Å². The first-order chi connectivity index (χ1) is 12.5. The van der Waals surface area contributed by atoms with Crippen molar-refractivity contribution in [1.29, 1.82) is 0 Å². The largest absolute Gasteiger partial charge is 0.367 e. The fourth-order valence-electron chi connectivity index (χ4n) is 3.76. The number of benzene rings is 1. The zero-order valence-corrected chi connectivity index (χ0v) is 15.4. The third kappa shape index (κ3) is 2.81. The Morgan fingerprint density at radius 3 is 2.65 bits per heavy atom. The van der Waals surface area contributed by atoms with E-state index in [9.17, 15) is 4.79 Å². The summed E-state index contributed by atoms with van der Waals surface area (Å²) in [5.41, 5.74) is 5.95. The summed E-state index contributed by atoms with van der Waals surface area (Å²) in [6.45, 7) is 4.04. The molecule has 1 aromatic carbocycles. The van der Waals surface area contributed by atoms with Crippen molar-refractivity contribution >= 4 is 5.69 Å². The lowest BCUT2D eigenvalue weighted by Crippen LogP contribution is -2.20. The van der Waals surface area contributed by atoms with Crippen LogP contribution < -0.4 is 10.5 Å². The Morgan fingerprint density at radius 2 is 1.88 bits per heavy atom. The van der Waals surface area contributed by atoms with Gasteiger partial charge in [-0.15, -0.1) is 0 Å². The van der Waals surface area contributed by atoms with Gasteiger partial charge < -0.3 is 9.47 Å². The number of para-hydroxylation sites is 1. The molecule has 1 aliphatic rings. The molecule has 0 fully saturated rings. The van der Waals surface area contributed by atoms with Crippen molar-refractivity contribution in [2.45, 2.75) is 32.4 Å². The van der Waals surface area contributed by atoms with E-state index in [1.165, 1.54) is 16.8 Å². The van der Waals surface area contributed by atoms with Crippen molar-refractivity contribution in [3.05, 3.63) is 82.5 Å². The molecule has 0 amide bonds. The van der Waals surface area contributed by atoms with E-state index in [0.29, 0.717) is 0 Å². The maximum atomic E-state index is 12.0. The van der Waals surface area contributed by atoms with Crippen LogP contribution in [0.4, 0.5) is 5.69 Å². The minimum atomic E-state index is 0.0267. The standard InChI is InChI=1S/C22H23N3O/c1-15(2)25-14-17(8-9-22(25)26)18-10-19(13-23-12-18)21-11-16-6-4-5-7-20(16)24(21)3/h4-10,12-15,21H,11H2,1-3H3. The lowest BCUT2D eigenvalue weighted by molar-refractivity contribution is 0.579. The van der Waals surface area contributed by atoms with Crippen LogP contribution in [0.15, 0.2) is 65.8 Å². The van der Waals surface area contributed by atoms with Gasteiger partial charge in [0.2, 0.25) is 0 Å². The van der Waals surface area contributed by atoms with Crippen LogP contribution >= 0.6 is 0 Å². The van der Waals surface area contributed by atoms with Crippen molar-refractivity contribution in [2.75, 3.05) is 11.9 Å². The summed E-state index contributed by atoms with van der Waals surface area (Å²) in [5.74, 6) is 0. The minimum Gasteiger partial charge on any atom is -0.367 e. The second-order valence-corrected chi connectivity index (χ2v) is 7.22. The zero-order valence-electron chi connectivity index (χ0n) is 15.4. The summed E-state index contributed by atoms with van der Waals surface area (Å²) in [7, 11) is 2.14. The normalized spacial score (nSPS) is 16.2. The van der Waals surface area contributed by atoms with Gasteiger partial charge in [-0.2, -0.15) is 0 Å². The molecule has 0 aliphatic carbocycles. The molecular formula is C22H23N3O.